The molecule has 0 spiro atoms. The Morgan fingerprint density at radius 2 is 2.00 bits per heavy atom. The van der Waals surface area contributed by atoms with Crippen LogP contribution in [0.15, 0.2) is 33.4 Å². The van der Waals surface area contributed by atoms with Gasteiger partial charge in [-0.1, -0.05) is 0 Å². The second-order valence-electron chi connectivity index (χ2n) is 3.91. The quantitative estimate of drug-likeness (QED) is 0.806. The lowest BCUT2D eigenvalue weighted by molar-refractivity contribution is 0.103. The molecule has 0 saturated carbocycles. The fraction of sp³-hybridized carbons (Fsp3) is 0.214. The van der Waals surface area contributed by atoms with Crippen LogP contribution in [0.1, 0.15) is 21.7 Å². The highest BCUT2D eigenvalue weighted by atomic mass is 79.9. The molecule has 0 aliphatic heterocycles. The van der Waals surface area contributed by atoms with Crippen molar-refractivity contribution >= 4 is 21.7 Å². The summed E-state index contributed by atoms with van der Waals surface area (Å²) >= 11 is 3.38. The molecule has 0 aliphatic rings. The van der Waals surface area contributed by atoms with Gasteiger partial charge in [0.25, 0.3) is 0 Å². The summed E-state index contributed by atoms with van der Waals surface area (Å²) in [7, 11) is 3.07. The van der Waals surface area contributed by atoms with Crippen molar-refractivity contribution in [1.82, 2.24) is 0 Å². The molecular weight excluding hydrogens is 312 g/mol. The van der Waals surface area contributed by atoms with E-state index in [0.29, 0.717) is 32.9 Å². The van der Waals surface area contributed by atoms with Crippen LogP contribution in [0.5, 0.6) is 11.5 Å². The molecule has 0 radical (unpaired) electrons. The van der Waals surface area contributed by atoms with Crippen molar-refractivity contribution in [1.29, 1.82) is 0 Å². The van der Waals surface area contributed by atoms with Gasteiger partial charge in [0.1, 0.15) is 17.3 Å². The summed E-state index contributed by atoms with van der Waals surface area (Å²) < 4.78 is 16.2. The van der Waals surface area contributed by atoms with E-state index in [9.17, 15) is 4.79 Å². The van der Waals surface area contributed by atoms with Gasteiger partial charge < -0.3 is 13.9 Å². The predicted molar refractivity (Wildman–Crippen MR) is 74.1 cm³/mol. The first-order valence-electron chi connectivity index (χ1n) is 5.58. The Morgan fingerprint density at radius 3 is 2.53 bits per heavy atom. The third-order valence-corrected chi connectivity index (χ3v) is 3.44. The molecule has 0 amide bonds. The number of methoxy groups -OCH3 is 2. The zero-order valence-electron chi connectivity index (χ0n) is 10.8. The number of carbonyl (C=O) groups is 1. The fourth-order valence-electron chi connectivity index (χ4n) is 1.81. The Labute approximate surface area is 119 Å². The smallest absolute Gasteiger partial charge is 0.201 e. The zero-order chi connectivity index (χ0) is 14.0. The van der Waals surface area contributed by atoms with Crippen LogP contribution in [0.3, 0.4) is 0 Å². The van der Waals surface area contributed by atoms with Crippen molar-refractivity contribution in [2.24, 2.45) is 0 Å². The van der Waals surface area contributed by atoms with Crippen LogP contribution in [0.2, 0.25) is 0 Å². The first kappa shape index (κ1) is 13.7. The topological polar surface area (TPSA) is 48.7 Å². The van der Waals surface area contributed by atoms with Crippen molar-refractivity contribution in [3.8, 4) is 11.5 Å². The molecule has 0 atom stereocenters. The first-order valence-corrected chi connectivity index (χ1v) is 6.38. The summed E-state index contributed by atoms with van der Waals surface area (Å²) in [6.07, 6.45) is 1.49. The van der Waals surface area contributed by atoms with E-state index in [4.69, 9.17) is 13.9 Å². The molecule has 0 unspecified atom stereocenters. The zero-order valence-corrected chi connectivity index (χ0v) is 12.4. The average molecular weight is 325 g/mol. The molecule has 2 aromatic rings. The van der Waals surface area contributed by atoms with Crippen LogP contribution >= 0.6 is 15.9 Å². The SMILES string of the molecule is COc1cc(Br)c(C(=O)c2ccoc2C)c(OC)c1. The highest BCUT2D eigenvalue weighted by molar-refractivity contribution is 9.10. The van der Waals surface area contributed by atoms with Crippen molar-refractivity contribution in [2.75, 3.05) is 14.2 Å². The van der Waals surface area contributed by atoms with E-state index in [1.54, 1.807) is 32.2 Å². The van der Waals surface area contributed by atoms with Gasteiger partial charge in [-0.25, -0.2) is 0 Å². The monoisotopic (exact) mass is 324 g/mol. The normalized spacial score (nSPS) is 10.3. The number of hydrogen-bond donors (Lipinski definition) is 0. The Hall–Kier alpha value is -1.75. The van der Waals surface area contributed by atoms with E-state index >= 15 is 0 Å². The van der Waals surface area contributed by atoms with E-state index in [1.165, 1.54) is 13.4 Å². The summed E-state index contributed by atoms with van der Waals surface area (Å²) in [6, 6.07) is 5.05. The minimum Gasteiger partial charge on any atom is -0.497 e. The number of benzene rings is 1. The van der Waals surface area contributed by atoms with Crippen molar-refractivity contribution in [2.45, 2.75) is 6.92 Å². The van der Waals surface area contributed by atoms with Gasteiger partial charge in [0.15, 0.2) is 0 Å². The number of ketones is 1. The standard InChI is InChI=1S/C14H13BrO4/c1-8-10(4-5-19-8)14(16)13-11(15)6-9(17-2)7-12(13)18-3/h4-7H,1-3H3. The number of halogens is 1. The number of ether oxygens (including phenoxy) is 2. The van der Waals surface area contributed by atoms with Crippen LogP contribution in [-0.4, -0.2) is 20.0 Å². The molecule has 4 nitrogen and oxygen atoms in total. The molecule has 2 rings (SSSR count). The maximum atomic E-state index is 12.5. The van der Waals surface area contributed by atoms with E-state index in [-0.39, 0.29) is 5.78 Å². The summed E-state index contributed by atoms with van der Waals surface area (Å²) in [5.41, 5.74) is 0.969. The van der Waals surface area contributed by atoms with Crippen molar-refractivity contribution in [3.05, 3.63) is 45.8 Å². The summed E-state index contributed by atoms with van der Waals surface area (Å²) in [6.45, 7) is 1.75. The van der Waals surface area contributed by atoms with Crippen LogP contribution < -0.4 is 9.47 Å². The molecule has 1 aromatic carbocycles. The largest absolute Gasteiger partial charge is 0.497 e. The highest BCUT2D eigenvalue weighted by Gasteiger charge is 2.22. The molecule has 0 saturated heterocycles. The van der Waals surface area contributed by atoms with Crippen LogP contribution in [-0.2, 0) is 0 Å². The highest BCUT2D eigenvalue weighted by Crippen LogP contribution is 2.34. The second-order valence-corrected chi connectivity index (χ2v) is 4.76. The molecule has 0 aliphatic carbocycles. The predicted octanol–water partition coefficient (Wildman–Crippen LogP) is 3.60. The van der Waals surface area contributed by atoms with Gasteiger partial charge >= 0.3 is 0 Å². The maximum absolute atomic E-state index is 12.5. The number of rotatable bonds is 4. The lowest BCUT2D eigenvalue weighted by atomic mass is 10.0. The van der Waals surface area contributed by atoms with Crippen molar-refractivity contribution < 1.29 is 18.7 Å². The van der Waals surface area contributed by atoms with Crippen LogP contribution in [0, 0.1) is 6.92 Å². The lowest BCUT2D eigenvalue weighted by Gasteiger charge is -2.11. The number of aryl methyl sites for hydroxylation is 1. The Balaban J connectivity index is 2.56. The minimum atomic E-state index is -0.155. The van der Waals surface area contributed by atoms with Gasteiger partial charge in [-0.05, 0) is 35.0 Å². The molecule has 0 bridgehead atoms. The maximum Gasteiger partial charge on any atom is 0.201 e. The van der Waals surface area contributed by atoms with E-state index in [2.05, 4.69) is 15.9 Å². The Kier molecular flexibility index (Phi) is 3.95. The molecule has 100 valence electrons. The van der Waals surface area contributed by atoms with Gasteiger partial charge in [-0.15, -0.1) is 0 Å². The van der Waals surface area contributed by atoms with Gasteiger partial charge in [0.2, 0.25) is 5.78 Å². The van der Waals surface area contributed by atoms with E-state index in [0.717, 1.165) is 0 Å². The minimum absolute atomic E-state index is 0.155. The van der Waals surface area contributed by atoms with Crippen LogP contribution in [0.4, 0.5) is 0 Å². The molecule has 5 heteroatoms. The van der Waals surface area contributed by atoms with E-state index in [1.807, 2.05) is 0 Å². The van der Waals surface area contributed by atoms with Gasteiger partial charge in [-0.3, -0.25) is 4.79 Å². The molecule has 0 N–H and O–H groups in total. The van der Waals surface area contributed by atoms with Gasteiger partial charge in [0, 0.05) is 10.5 Å². The van der Waals surface area contributed by atoms with Gasteiger partial charge in [-0.2, -0.15) is 0 Å². The van der Waals surface area contributed by atoms with Crippen molar-refractivity contribution in [3.63, 3.8) is 0 Å². The molecule has 1 heterocycles. The second kappa shape index (κ2) is 5.48. The van der Waals surface area contributed by atoms with Gasteiger partial charge in [0.05, 0.1) is 31.6 Å². The molecule has 19 heavy (non-hydrogen) atoms. The number of carbonyl (C=O) groups excluding carboxylic acids is 1. The summed E-state index contributed by atoms with van der Waals surface area (Å²) in [5.74, 6) is 1.49. The first-order chi connectivity index (χ1) is 9.08. The Morgan fingerprint density at radius 1 is 1.26 bits per heavy atom. The average Bonchev–Trinajstić information content (AvgIpc) is 2.83. The lowest BCUT2D eigenvalue weighted by Crippen LogP contribution is -2.06. The molecule has 1 aromatic heterocycles. The summed E-state index contributed by atoms with van der Waals surface area (Å²) in [5, 5.41) is 0. The van der Waals surface area contributed by atoms with E-state index < -0.39 is 0 Å². The molecule has 0 fully saturated rings. The molecular formula is C14H13BrO4. The van der Waals surface area contributed by atoms with Crippen LogP contribution in [0.25, 0.3) is 0 Å². The Bertz CT molecular complexity index is 616. The number of furan rings is 1. The summed E-state index contributed by atoms with van der Waals surface area (Å²) in [4.78, 5) is 12.5. The number of hydrogen-bond acceptors (Lipinski definition) is 4. The fourth-order valence-corrected chi connectivity index (χ4v) is 2.41. The third-order valence-electron chi connectivity index (χ3n) is 2.81. The third kappa shape index (κ3) is 2.51.